The second kappa shape index (κ2) is 9.40. The van der Waals surface area contributed by atoms with Crippen molar-refractivity contribution in [3.63, 3.8) is 0 Å². The molecule has 1 saturated heterocycles. The highest BCUT2D eigenvalue weighted by molar-refractivity contribution is 5.85. The fourth-order valence-electron chi connectivity index (χ4n) is 3.98. The zero-order valence-electron chi connectivity index (χ0n) is 13.8. The molecule has 25 heavy (non-hydrogen) atoms. The molecule has 0 aromatic heterocycles. The lowest BCUT2D eigenvalue weighted by Crippen LogP contribution is -2.47. The van der Waals surface area contributed by atoms with Crippen molar-refractivity contribution in [3.8, 4) is 0 Å². The van der Waals surface area contributed by atoms with E-state index in [9.17, 15) is 17.6 Å². The molecule has 1 aliphatic heterocycles. The lowest BCUT2D eigenvalue weighted by molar-refractivity contribution is -0.140. The number of hydrogen-bond acceptors (Lipinski definition) is 2. The molecule has 1 N–H and O–H groups in total. The van der Waals surface area contributed by atoms with Gasteiger partial charge in [-0.2, -0.15) is 13.2 Å². The molecule has 2 fully saturated rings. The summed E-state index contributed by atoms with van der Waals surface area (Å²) in [6.07, 6.45) is -0.569. The smallest absolute Gasteiger partial charge is 0.314 e. The van der Waals surface area contributed by atoms with Crippen LogP contribution in [0, 0.1) is 11.7 Å². The summed E-state index contributed by atoms with van der Waals surface area (Å²) >= 11 is 0. The van der Waals surface area contributed by atoms with Crippen LogP contribution in [0.4, 0.5) is 17.6 Å². The van der Waals surface area contributed by atoms with Crippen molar-refractivity contribution in [3.05, 3.63) is 35.1 Å². The first kappa shape index (κ1) is 22.5. The van der Waals surface area contributed by atoms with Gasteiger partial charge in [-0.25, -0.2) is 4.39 Å². The molecule has 3 rings (SSSR count). The fraction of sp³-hybridized carbons (Fsp3) is 0.647. The van der Waals surface area contributed by atoms with Crippen molar-refractivity contribution in [1.82, 2.24) is 10.2 Å². The van der Waals surface area contributed by atoms with Gasteiger partial charge in [0.25, 0.3) is 0 Å². The highest BCUT2D eigenvalue weighted by atomic mass is 35.5. The van der Waals surface area contributed by atoms with E-state index in [2.05, 4.69) is 10.2 Å². The molecule has 1 aromatic rings. The van der Waals surface area contributed by atoms with E-state index in [-0.39, 0.29) is 42.3 Å². The first-order chi connectivity index (χ1) is 11.0. The van der Waals surface area contributed by atoms with E-state index in [1.165, 1.54) is 12.1 Å². The van der Waals surface area contributed by atoms with Gasteiger partial charge in [0.2, 0.25) is 0 Å². The largest absolute Gasteiger partial charge is 0.419 e. The first-order valence-electron chi connectivity index (χ1n) is 8.29. The Morgan fingerprint density at radius 1 is 1.04 bits per heavy atom. The number of nitrogens with one attached hydrogen (secondary N) is 1. The van der Waals surface area contributed by atoms with Gasteiger partial charge in [0.1, 0.15) is 5.82 Å². The van der Waals surface area contributed by atoms with Crippen molar-refractivity contribution in [2.24, 2.45) is 5.92 Å². The summed E-state index contributed by atoms with van der Waals surface area (Å²) in [6, 6.07) is 3.46. The molecule has 0 spiro atoms. The predicted octanol–water partition coefficient (Wildman–Crippen LogP) is 4.82. The van der Waals surface area contributed by atoms with Crippen molar-refractivity contribution < 1.29 is 17.6 Å². The summed E-state index contributed by atoms with van der Waals surface area (Å²) in [5.41, 5.74) is -0.929. The Hall–Kier alpha value is -0.560. The van der Waals surface area contributed by atoms with Gasteiger partial charge in [-0.3, -0.25) is 4.90 Å². The lowest BCUT2D eigenvalue weighted by atomic mass is 9.88. The molecule has 8 heteroatoms. The molecule has 1 saturated carbocycles. The summed E-state index contributed by atoms with van der Waals surface area (Å²) in [7, 11) is 0. The minimum absolute atomic E-state index is 0. The van der Waals surface area contributed by atoms with Crippen molar-refractivity contribution >= 4 is 24.8 Å². The van der Waals surface area contributed by atoms with Gasteiger partial charge >= 0.3 is 6.18 Å². The molecule has 0 radical (unpaired) electrons. The van der Waals surface area contributed by atoms with E-state index >= 15 is 0 Å². The van der Waals surface area contributed by atoms with Crippen LogP contribution in [-0.4, -0.2) is 31.1 Å². The average molecular weight is 403 g/mol. The van der Waals surface area contributed by atoms with E-state index < -0.39 is 17.6 Å². The van der Waals surface area contributed by atoms with Gasteiger partial charge in [0.05, 0.1) is 5.56 Å². The predicted molar refractivity (Wildman–Crippen MR) is 95.0 cm³/mol. The third-order valence-electron chi connectivity index (χ3n) is 5.04. The maximum absolute atomic E-state index is 14.7. The van der Waals surface area contributed by atoms with Crippen molar-refractivity contribution in [2.75, 3.05) is 26.2 Å². The third-order valence-corrected chi connectivity index (χ3v) is 5.04. The van der Waals surface area contributed by atoms with Gasteiger partial charge in [-0.05, 0) is 24.8 Å². The summed E-state index contributed by atoms with van der Waals surface area (Å²) in [5, 5.41) is 3.25. The van der Waals surface area contributed by atoms with Crippen LogP contribution < -0.4 is 5.32 Å². The SMILES string of the molecule is Cl.Cl.Fc1c([C@@H](C2CCCC2)N2CCNCC2)cccc1C(F)(F)F. The van der Waals surface area contributed by atoms with Crippen molar-refractivity contribution in [2.45, 2.75) is 37.9 Å². The van der Waals surface area contributed by atoms with E-state index in [1.54, 1.807) is 0 Å². The zero-order valence-corrected chi connectivity index (χ0v) is 15.5. The second-order valence-corrected chi connectivity index (χ2v) is 6.48. The van der Waals surface area contributed by atoms with Crippen LogP contribution in [0.3, 0.4) is 0 Å². The molecule has 144 valence electrons. The Labute approximate surface area is 158 Å². The van der Waals surface area contributed by atoms with E-state index in [0.29, 0.717) is 0 Å². The van der Waals surface area contributed by atoms with E-state index in [1.807, 2.05) is 0 Å². The Balaban J connectivity index is 0.00000156. The highest BCUT2D eigenvalue weighted by Crippen LogP contribution is 2.42. The van der Waals surface area contributed by atoms with Crippen LogP contribution in [0.25, 0.3) is 0 Å². The van der Waals surface area contributed by atoms with Crippen LogP contribution in [0.1, 0.15) is 42.9 Å². The van der Waals surface area contributed by atoms with Crippen LogP contribution in [0.2, 0.25) is 0 Å². The topological polar surface area (TPSA) is 15.3 Å². The number of alkyl halides is 3. The second-order valence-electron chi connectivity index (χ2n) is 6.48. The fourth-order valence-corrected chi connectivity index (χ4v) is 3.98. The Morgan fingerprint density at radius 2 is 1.64 bits per heavy atom. The molecule has 1 aromatic carbocycles. The number of halogens is 6. The minimum atomic E-state index is -4.65. The van der Waals surface area contributed by atoms with Crippen LogP contribution in [0.5, 0.6) is 0 Å². The van der Waals surface area contributed by atoms with Gasteiger partial charge in [-0.15, -0.1) is 24.8 Å². The van der Waals surface area contributed by atoms with Crippen LogP contribution >= 0.6 is 24.8 Å². The van der Waals surface area contributed by atoms with E-state index in [4.69, 9.17) is 0 Å². The summed E-state index contributed by atoms with van der Waals surface area (Å²) in [6.45, 7) is 3.08. The van der Waals surface area contributed by atoms with Gasteiger partial charge in [0, 0.05) is 37.8 Å². The maximum atomic E-state index is 14.7. The Bertz CT molecular complexity index is 542. The number of piperazine rings is 1. The van der Waals surface area contributed by atoms with Gasteiger partial charge < -0.3 is 5.32 Å². The highest BCUT2D eigenvalue weighted by Gasteiger charge is 2.39. The van der Waals surface area contributed by atoms with Gasteiger partial charge in [-0.1, -0.05) is 25.0 Å². The Kier molecular flexibility index (Phi) is 8.45. The first-order valence-corrected chi connectivity index (χ1v) is 8.29. The van der Waals surface area contributed by atoms with E-state index in [0.717, 1.165) is 57.9 Å². The molecule has 2 aliphatic rings. The molecule has 1 aliphatic carbocycles. The van der Waals surface area contributed by atoms with Crippen molar-refractivity contribution in [1.29, 1.82) is 0 Å². The maximum Gasteiger partial charge on any atom is 0.419 e. The summed E-state index contributed by atoms with van der Waals surface area (Å²) in [5.74, 6) is -0.846. The summed E-state index contributed by atoms with van der Waals surface area (Å²) in [4.78, 5) is 2.16. The Morgan fingerprint density at radius 3 is 2.20 bits per heavy atom. The number of nitrogens with zero attached hydrogens (tertiary/aromatic N) is 1. The molecule has 0 unspecified atom stereocenters. The quantitative estimate of drug-likeness (QED) is 0.728. The van der Waals surface area contributed by atoms with Crippen LogP contribution in [0.15, 0.2) is 18.2 Å². The molecule has 2 nitrogen and oxygen atoms in total. The number of hydrogen-bond donors (Lipinski definition) is 1. The molecular weight excluding hydrogens is 379 g/mol. The lowest BCUT2D eigenvalue weighted by Gasteiger charge is -2.39. The molecular formula is C17H24Cl2F4N2. The number of benzene rings is 1. The molecule has 1 heterocycles. The monoisotopic (exact) mass is 402 g/mol. The normalized spacial score (nSPS) is 20.6. The molecule has 0 amide bonds. The minimum Gasteiger partial charge on any atom is -0.314 e. The summed E-state index contributed by atoms with van der Waals surface area (Å²) < 4.78 is 53.8. The molecule has 1 atom stereocenters. The molecule has 0 bridgehead atoms. The third kappa shape index (κ3) is 5.00. The standard InChI is InChI=1S/C17H22F4N2.2ClH/c18-15-13(6-3-7-14(15)17(19,20)21)16(12-4-1-2-5-12)23-10-8-22-9-11-23;;/h3,6-7,12,16,22H,1-2,4-5,8-11H2;2*1H/t16-;;/m1../s1. The van der Waals surface area contributed by atoms with Gasteiger partial charge in [0.15, 0.2) is 0 Å². The van der Waals surface area contributed by atoms with Crippen LogP contribution in [-0.2, 0) is 6.18 Å². The average Bonchev–Trinajstić information content (AvgIpc) is 3.03. The number of rotatable bonds is 3. The zero-order chi connectivity index (χ0) is 16.4.